The summed E-state index contributed by atoms with van der Waals surface area (Å²) in [6, 6.07) is 7.80. The minimum Gasteiger partial charge on any atom is -0.492 e. The molecule has 0 spiro atoms. The highest BCUT2D eigenvalue weighted by atomic mass is 35.5. The van der Waals surface area contributed by atoms with Crippen LogP contribution in [0.4, 0.5) is 0 Å². The Labute approximate surface area is 101 Å². The van der Waals surface area contributed by atoms with Gasteiger partial charge in [0.1, 0.15) is 12.4 Å². The molecule has 0 aliphatic carbocycles. The molecule has 4 heteroatoms. The van der Waals surface area contributed by atoms with Gasteiger partial charge in [-0.1, -0.05) is 17.7 Å². The molecule has 88 valence electrons. The van der Waals surface area contributed by atoms with Gasteiger partial charge in [-0.25, -0.2) is 0 Å². The first-order valence-electron chi connectivity index (χ1n) is 5.24. The second-order valence-corrected chi connectivity index (χ2v) is 3.83. The lowest BCUT2D eigenvalue weighted by atomic mass is 10.2. The molecule has 1 aromatic carbocycles. The Morgan fingerprint density at radius 2 is 2.06 bits per heavy atom. The molecular weight excluding hydrogens is 226 g/mol. The number of rotatable bonds is 6. The van der Waals surface area contributed by atoms with Crippen LogP contribution in [0.2, 0.25) is 0 Å². The third-order valence-corrected chi connectivity index (χ3v) is 2.22. The second kappa shape index (κ2) is 7.12. The molecule has 0 bridgehead atoms. The van der Waals surface area contributed by atoms with E-state index in [1.807, 2.05) is 31.2 Å². The van der Waals surface area contributed by atoms with Crippen LogP contribution in [-0.4, -0.2) is 24.9 Å². The summed E-state index contributed by atoms with van der Waals surface area (Å²) < 4.78 is 5.44. The van der Waals surface area contributed by atoms with Gasteiger partial charge < -0.3 is 10.1 Å². The summed E-state index contributed by atoms with van der Waals surface area (Å²) in [5.74, 6) is 1.13. The van der Waals surface area contributed by atoms with E-state index in [0.29, 0.717) is 25.5 Å². The Morgan fingerprint density at radius 1 is 1.38 bits per heavy atom. The van der Waals surface area contributed by atoms with Gasteiger partial charge in [-0.15, -0.1) is 11.6 Å². The Morgan fingerprint density at radius 3 is 2.69 bits per heavy atom. The summed E-state index contributed by atoms with van der Waals surface area (Å²) in [7, 11) is 0. The first kappa shape index (κ1) is 12.8. The van der Waals surface area contributed by atoms with Crippen molar-refractivity contribution in [2.45, 2.75) is 13.3 Å². The lowest BCUT2D eigenvalue weighted by Gasteiger charge is -2.07. The molecule has 0 aliphatic rings. The summed E-state index contributed by atoms with van der Waals surface area (Å²) in [6.45, 7) is 3.00. The molecule has 0 saturated heterocycles. The molecule has 1 amide bonds. The van der Waals surface area contributed by atoms with E-state index in [2.05, 4.69) is 5.32 Å². The summed E-state index contributed by atoms with van der Waals surface area (Å²) >= 11 is 5.43. The zero-order valence-electron chi connectivity index (χ0n) is 9.33. The van der Waals surface area contributed by atoms with Crippen molar-refractivity contribution >= 4 is 17.5 Å². The van der Waals surface area contributed by atoms with E-state index in [4.69, 9.17) is 16.3 Å². The van der Waals surface area contributed by atoms with E-state index >= 15 is 0 Å². The first-order chi connectivity index (χ1) is 7.72. The SMILES string of the molecule is Cc1ccc(OCCNC(=O)CCCl)cc1. The molecule has 0 atom stereocenters. The van der Waals surface area contributed by atoms with Crippen LogP contribution in [0.25, 0.3) is 0 Å². The monoisotopic (exact) mass is 241 g/mol. The molecular formula is C12H16ClNO2. The number of aryl methyl sites for hydroxylation is 1. The van der Waals surface area contributed by atoms with Gasteiger partial charge >= 0.3 is 0 Å². The molecule has 1 rings (SSSR count). The number of nitrogens with one attached hydrogen (secondary N) is 1. The topological polar surface area (TPSA) is 38.3 Å². The molecule has 3 nitrogen and oxygen atoms in total. The normalized spacial score (nSPS) is 9.88. The summed E-state index contributed by atoms with van der Waals surface area (Å²) in [6.07, 6.45) is 0.353. The van der Waals surface area contributed by atoms with Crippen molar-refractivity contribution in [2.24, 2.45) is 0 Å². The van der Waals surface area contributed by atoms with Crippen LogP contribution in [0.3, 0.4) is 0 Å². The first-order valence-corrected chi connectivity index (χ1v) is 5.78. The Kier molecular flexibility index (Phi) is 5.72. The quantitative estimate of drug-likeness (QED) is 0.612. The van der Waals surface area contributed by atoms with Crippen LogP contribution in [0.15, 0.2) is 24.3 Å². The van der Waals surface area contributed by atoms with Gasteiger partial charge in [0.15, 0.2) is 0 Å². The standard InChI is InChI=1S/C12H16ClNO2/c1-10-2-4-11(5-3-10)16-9-8-14-12(15)6-7-13/h2-5H,6-9H2,1H3,(H,14,15). The van der Waals surface area contributed by atoms with Gasteiger partial charge in [0.2, 0.25) is 5.91 Å². The Bertz CT molecular complexity index is 324. The maximum absolute atomic E-state index is 11.0. The molecule has 1 N–H and O–H groups in total. The largest absolute Gasteiger partial charge is 0.492 e. The average molecular weight is 242 g/mol. The van der Waals surface area contributed by atoms with E-state index in [1.165, 1.54) is 5.56 Å². The molecule has 0 unspecified atom stereocenters. The summed E-state index contributed by atoms with van der Waals surface area (Å²) in [5.41, 5.74) is 1.20. The van der Waals surface area contributed by atoms with E-state index in [1.54, 1.807) is 0 Å². The molecule has 16 heavy (non-hydrogen) atoms. The van der Waals surface area contributed by atoms with Gasteiger partial charge in [0, 0.05) is 12.3 Å². The van der Waals surface area contributed by atoms with Crippen LogP contribution in [0.5, 0.6) is 5.75 Å². The highest BCUT2D eigenvalue weighted by Gasteiger charge is 1.98. The fourth-order valence-corrected chi connectivity index (χ4v) is 1.34. The number of carbonyl (C=O) groups is 1. The van der Waals surface area contributed by atoms with Crippen molar-refractivity contribution in [3.63, 3.8) is 0 Å². The minimum atomic E-state index is -0.0393. The molecule has 0 saturated carbocycles. The van der Waals surface area contributed by atoms with Gasteiger partial charge in [-0.05, 0) is 19.1 Å². The number of hydrogen-bond donors (Lipinski definition) is 1. The zero-order chi connectivity index (χ0) is 11.8. The van der Waals surface area contributed by atoms with Gasteiger partial charge in [-0.3, -0.25) is 4.79 Å². The third kappa shape index (κ3) is 5.03. The molecule has 0 aliphatic heterocycles. The number of carbonyl (C=O) groups excluding carboxylic acids is 1. The van der Waals surface area contributed by atoms with Crippen LogP contribution in [0, 0.1) is 6.92 Å². The predicted molar refractivity (Wildman–Crippen MR) is 65.0 cm³/mol. The fourth-order valence-electron chi connectivity index (χ4n) is 1.17. The Balaban J connectivity index is 2.16. The second-order valence-electron chi connectivity index (χ2n) is 3.45. The van der Waals surface area contributed by atoms with Crippen molar-refractivity contribution in [3.8, 4) is 5.75 Å². The Hall–Kier alpha value is -1.22. The van der Waals surface area contributed by atoms with Crippen molar-refractivity contribution in [1.82, 2.24) is 5.32 Å². The van der Waals surface area contributed by atoms with E-state index < -0.39 is 0 Å². The fraction of sp³-hybridized carbons (Fsp3) is 0.417. The van der Waals surface area contributed by atoms with Crippen LogP contribution in [-0.2, 0) is 4.79 Å². The number of ether oxygens (including phenoxy) is 1. The number of benzene rings is 1. The summed E-state index contributed by atoms with van der Waals surface area (Å²) in [4.78, 5) is 11.0. The smallest absolute Gasteiger partial charge is 0.221 e. The van der Waals surface area contributed by atoms with E-state index in [-0.39, 0.29) is 5.91 Å². The lowest BCUT2D eigenvalue weighted by molar-refractivity contribution is -0.120. The van der Waals surface area contributed by atoms with Crippen molar-refractivity contribution in [3.05, 3.63) is 29.8 Å². The molecule has 0 heterocycles. The van der Waals surface area contributed by atoms with Crippen molar-refractivity contribution in [2.75, 3.05) is 19.0 Å². The molecule has 1 aromatic rings. The number of amides is 1. The number of halogens is 1. The van der Waals surface area contributed by atoms with Crippen molar-refractivity contribution in [1.29, 1.82) is 0 Å². The lowest BCUT2D eigenvalue weighted by Crippen LogP contribution is -2.28. The predicted octanol–water partition coefficient (Wildman–Crippen LogP) is 2.12. The maximum Gasteiger partial charge on any atom is 0.221 e. The average Bonchev–Trinajstić information content (AvgIpc) is 2.27. The minimum absolute atomic E-state index is 0.0393. The van der Waals surface area contributed by atoms with Crippen LogP contribution in [0.1, 0.15) is 12.0 Å². The molecule has 0 aromatic heterocycles. The zero-order valence-corrected chi connectivity index (χ0v) is 10.1. The third-order valence-electron chi connectivity index (χ3n) is 2.04. The van der Waals surface area contributed by atoms with Crippen LogP contribution >= 0.6 is 11.6 Å². The highest BCUT2D eigenvalue weighted by molar-refractivity contribution is 6.18. The maximum atomic E-state index is 11.0. The molecule has 0 fully saturated rings. The van der Waals surface area contributed by atoms with Gasteiger partial charge in [-0.2, -0.15) is 0 Å². The van der Waals surface area contributed by atoms with E-state index in [9.17, 15) is 4.79 Å². The summed E-state index contributed by atoms with van der Waals surface area (Å²) in [5, 5.41) is 2.72. The van der Waals surface area contributed by atoms with Crippen molar-refractivity contribution < 1.29 is 9.53 Å². The molecule has 0 radical (unpaired) electrons. The van der Waals surface area contributed by atoms with Crippen LogP contribution < -0.4 is 10.1 Å². The highest BCUT2D eigenvalue weighted by Crippen LogP contribution is 2.10. The van der Waals surface area contributed by atoms with Gasteiger partial charge in [0.25, 0.3) is 0 Å². The number of hydrogen-bond acceptors (Lipinski definition) is 2. The number of alkyl halides is 1. The van der Waals surface area contributed by atoms with Gasteiger partial charge in [0.05, 0.1) is 6.54 Å². The van der Waals surface area contributed by atoms with E-state index in [0.717, 1.165) is 5.75 Å².